The van der Waals surface area contributed by atoms with Crippen molar-refractivity contribution in [1.29, 1.82) is 0 Å². The Bertz CT molecular complexity index is 141. The highest BCUT2D eigenvalue weighted by molar-refractivity contribution is 5.01. The van der Waals surface area contributed by atoms with Gasteiger partial charge in [0.05, 0.1) is 4.92 Å². The van der Waals surface area contributed by atoms with Gasteiger partial charge in [-0.15, -0.1) is 0 Å². The minimum atomic E-state index is -0.392. The van der Waals surface area contributed by atoms with E-state index in [0.717, 1.165) is 0 Å². The van der Waals surface area contributed by atoms with Gasteiger partial charge < -0.3 is 0 Å². The molecule has 1 rings (SSSR count). The fourth-order valence-electron chi connectivity index (χ4n) is 0.546. The molecule has 0 spiro atoms. The van der Waals surface area contributed by atoms with Crippen LogP contribution < -0.4 is 5.32 Å². The van der Waals surface area contributed by atoms with Crippen LogP contribution in [0, 0.1) is 10.1 Å². The molecule has 0 bridgehead atoms. The summed E-state index contributed by atoms with van der Waals surface area (Å²) in [6.07, 6.45) is 1.53. The van der Waals surface area contributed by atoms with Gasteiger partial charge in [0.25, 0.3) is 5.70 Å². The van der Waals surface area contributed by atoms with E-state index in [1.54, 1.807) is 0 Å². The van der Waals surface area contributed by atoms with Crippen molar-refractivity contribution in [3.05, 3.63) is 21.9 Å². The maximum Gasteiger partial charge on any atom is 0.258 e. The zero-order valence-electron chi connectivity index (χ0n) is 4.20. The lowest BCUT2D eigenvalue weighted by Gasteiger charge is -1.84. The molecule has 43 valence electrons. The van der Waals surface area contributed by atoms with Crippen LogP contribution in [0.3, 0.4) is 0 Å². The van der Waals surface area contributed by atoms with Crippen LogP contribution in [0.25, 0.3) is 0 Å². The summed E-state index contributed by atoms with van der Waals surface area (Å²) in [5, 5.41) is 13.6. The third kappa shape index (κ3) is 0.840. The number of hydrogen-bond acceptors (Lipinski definition) is 2. The Morgan fingerprint density at radius 3 is 2.88 bits per heavy atom. The summed E-state index contributed by atoms with van der Waals surface area (Å²) in [7, 11) is 0. The van der Waals surface area contributed by atoms with Crippen molar-refractivity contribution in [3.8, 4) is 0 Å². The quantitative estimate of drug-likeness (QED) is 0.348. The Kier molecular flexibility index (Phi) is 1.26. The predicted molar refractivity (Wildman–Crippen MR) is 26.9 cm³/mol. The summed E-state index contributed by atoms with van der Waals surface area (Å²) in [6, 6.07) is 0. The van der Waals surface area contributed by atoms with Crippen molar-refractivity contribution >= 4 is 0 Å². The van der Waals surface area contributed by atoms with Crippen molar-refractivity contribution in [2.45, 2.75) is 0 Å². The SMILES string of the molecule is O=[N+]([O-])C1=CC[N]C1. The third-order valence-electron chi connectivity index (χ3n) is 0.964. The van der Waals surface area contributed by atoms with Gasteiger partial charge >= 0.3 is 0 Å². The van der Waals surface area contributed by atoms with Crippen LogP contribution in [-0.4, -0.2) is 18.0 Å². The first-order valence-corrected chi connectivity index (χ1v) is 2.27. The van der Waals surface area contributed by atoms with Crippen LogP contribution in [0.5, 0.6) is 0 Å². The molecule has 4 nitrogen and oxygen atoms in total. The first-order valence-electron chi connectivity index (χ1n) is 2.27. The lowest BCUT2D eigenvalue weighted by molar-refractivity contribution is -0.424. The maximum absolute atomic E-state index is 9.88. The van der Waals surface area contributed by atoms with E-state index in [1.807, 2.05) is 0 Å². The number of nitro groups is 1. The molecule has 0 saturated carbocycles. The molecule has 0 saturated heterocycles. The monoisotopic (exact) mass is 113 g/mol. The third-order valence-corrected chi connectivity index (χ3v) is 0.964. The molecule has 8 heavy (non-hydrogen) atoms. The summed E-state index contributed by atoms with van der Waals surface area (Å²) in [5.74, 6) is 0. The van der Waals surface area contributed by atoms with Crippen molar-refractivity contribution in [2.24, 2.45) is 0 Å². The second-order valence-electron chi connectivity index (χ2n) is 1.52. The molecule has 0 fully saturated rings. The van der Waals surface area contributed by atoms with E-state index in [1.165, 1.54) is 6.08 Å². The highest BCUT2D eigenvalue weighted by Crippen LogP contribution is 1.98. The van der Waals surface area contributed by atoms with Gasteiger partial charge in [0, 0.05) is 12.6 Å². The summed E-state index contributed by atoms with van der Waals surface area (Å²) < 4.78 is 0. The van der Waals surface area contributed by atoms with E-state index in [-0.39, 0.29) is 12.2 Å². The topological polar surface area (TPSA) is 57.2 Å². The second-order valence-corrected chi connectivity index (χ2v) is 1.52. The Morgan fingerprint density at radius 2 is 2.62 bits per heavy atom. The predicted octanol–water partition coefficient (Wildman–Crippen LogP) is -0.235. The van der Waals surface area contributed by atoms with Gasteiger partial charge in [-0.3, -0.25) is 10.1 Å². The number of nitrogens with zero attached hydrogens (tertiary/aromatic N) is 2. The smallest absolute Gasteiger partial charge is 0.258 e. The lowest BCUT2D eigenvalue weighted by Crippen LogP contribution is -2.04. The van der Waals surface area contributed by atoms with E-state index in [4.69, 9.17) is 0 Å². The largest absolute Gasteiger partial charge is 0.259 e. The van der Waals surface area contributed by atoms with E-state index in [2.05, 4.69) is 5.32 Å². The molecule has 0 atom stereocenters. The molecule has 0 unspecified atom stereocenters. The molecule has 1 radical (unpaired) electrons. The van der Waals surface area contributed by atoms with Gasteiger partial charge in [-0.1, -0.05) is 0 Å². The molecule has 0 N–H and O–H groups in total. The highest BCUT2D eigenvalue weighted by Gasteiger charge is 2.14. The molecule has 1 aliphatic heterocycles. The fourth-order valence-corrected chi connectivity index (χ4v) is 0.546. The van der Waals surface area contributed by atoms with Crippen LogP contribution in [0.1, 0.15) is 0 Å². The van der Waals surface area contributed by atoms with Crippen molar-refractivity contribution in [2.75, 3.05) is 13.1 Å². The van der Waals surface area contributed by atoms with Gasteiger partial charge in [0.2, 0.25) is 0 Å². The molecule has 4 heteroatoms. The first kappa shape index (κ1) is 5.24. The van der Waals surface area contributed by atoms with E-state index < -0.39 is 4.92 Å². The van der Waals surface area contributed by atoms with Crippen LogP contribution in [-0.2, 0) is 0 Å². The van der Waals surface area contributed by atoms with Crippen molar-refractivity contribution in [1.82, 2.24) is 5.32 Å². The molecular weight excluding hydrogens is 108 g/mol. The average molecular weight is 113 g/mol. The molecule has 0 aliphatic carbocycles. The van der Waals surface area contributed by atoms with Gasteiger partial charge in [-0.25, -0.2) is 5.32 Å². The summed E-state index contributed by atoms with van der Waals surface area (Å²) in [6.45, 7) is 0.795. The van der Waals surface area contributed by atoms with E-state index in [9.17, 15) is 10.1 Å². The van der Waals surface area contributed by atoms with Gasteiger partial charge in [0.1, 0.15) is 6.54 Å². The van der Waals surface area contributed by atoms with E-state index >= 15 is 0 Å². The molecule has 0 amide bonds. The molecule has 1 heterocycles. The lowest BCUT2D eigenvalue weighted by atomic mass is 10.5. The normalized spacial score (nSPS) is 18.2. The van der Waals surface area contributed by atoms with Gasteiger partial charge in [0.15, 0.2) is 0 Å². The molecular formula is C4H5N2O2. The van der Waals surface area contributed by atoms with Gasteiger partial charge in [-0.05, 0) is 0 Å². The van der Waals surface area contributed by atoms with Crippen LogP contribution in [0.4, 0.5) is 0 Å². The van der Waals surface area contributed by atoms with Crippen molar-refractivity contribution in [3.63, 3.8) is 0 Å². The summed E-state index contributed by atoms with van der Waals surface area (Å²) in [4.78, 5) is 9.49. The Morgan fingerprint density at radius 1 is 1.88 bits per heavy atom. The Balaban J connectivity index is 2.57. The highest BCUT2D eigenvalue weighted by atomic mass is 16.6. The number of hydrogen-bond donors (Lipinski definition) is 0. The van der Waals surface area contributed by atoms with Crippen LogP contribution in [0.2, 0.25) is 0 Å². The maximum atomic E-state index is 9.88. The van der Waals surface area contributed by atoms with Crippen LogP contribution in [0.15, 0.2) is 11.8 Å². The summed E-state index contributed by atoms with van der Waals surface area (Å²) in [5.41, 5.74) is 0.227. The Hall–Kier alpha value is -0.900. The minimum Gasteiger partial charge on any atom is -0.259 e. The minimum absolute atomic E-state index is 0.227. The average Bonchev–Trinajstić information content (AvgIpc) is 2.12. The number of rotatable bonds is 1. The zero-order chi connectivity index (χ0) is 5.98. The van der Waals surface area contributed by atoms with Crippen LogP contribution >= 0.6 is 0 Å². The molecule has 0 aromatic rings. The molecule has 0 aromatic carbocycles. The summed E-state index contributed by atoms with van der Waals surface area (Å²) >= 11 is 0. The van der Waals surface area contributed by atoms with E-state index in [0.29, 0.717) is 6.54 Å². The zero-order valence-corrected chi connectivity index (χ0v) is 4.20. The van der Waals surface area contributed by atoms with Crippen molar-refractivity contribution < 1.29 is 4.92 Å². The fraction of sp³-hybridized carbons (Fsp3) is 0.500. The first-order chi connectivity index (χ1) is 3.80. The molecule has 1 aliphatic rings. The Labute approximate surface area is 46.3 Å². The second kappa shape index (κ2) is 1.92. The van der Waals surface area contributed by atoms with Gasteiger partial charge in [-0.2, -0.15) is 0 Å². The molecule has 0 aromatic heterocycles. The standard InChI is InChI=1S/C4H5N2O2/c7-6(8)4-1-2-5-3-4/h1H,2-3H2.